The molecular formula is C16H26N4O2. The van der Waals surface area contributed by atoms with Gasteiger partial charge in [0.25, 0.3) is 0 Å². The third-order valence-electron chi connectivity index (χ3n) is 5.14. The summed E-state index contributed by atoms with van der Waals surface area (Å²) in [6.07, 6.45) is 5.23. The van der Waals surface area contributed by atoms with E-state index in [0.29, 0.717) is 12.0 Å². The van der Waals surface area contributed by atoms with Crippen LogP contribution in [0.1, 0.15) is 12.2 Å². The predicted octanol–water partition coefficient (Wildman–Crippen LogP) is 0.436. The molecule has 2 unspecified atom stereocenters. The molecule has 0 spiro atoms. The van der Waals surface area contributed by atoms with Crippen LogP contribution in [-0.4, -0.2) is 78.0 Å². The van der Waals surface area contributed by atoms with E-state index >= 15 is 0 Å². The summed E-state index contributed by atoms with van der Waals surface area (Å²) < 4.78 is 13.4. The van der Waals surface area contributed by atoms with Crippen molar-refractivity contribution in [3.05, 3.63) is 18.2 Å². The number of aromatic nitrogens is 2. The summed E-state index contributed by atoms with van der Waals surface area (Å²) in [5.41, 5.74) is 0. The van der Waals surface area contributed by atoms with E-state index in [9.17, 15) is 0 Å². The maximum atomic E-state index is 5.61. The van der Waals surface area contributed by atoms with E-state index in [0.717, 1.165) is 72.1 Å². The second kappa shape index (κ2) is 6.66. The van der Waals surface area contributed by atoms with Crippen LogP contribution in [-0.2, 0) is 22.6 Å². The van der Waals surface area contributed by atoms with E-state index in [1.165, 1.54) is 5.82 Å². The number of hydrogen-bond acceptors (Lipinski definition) is 5. The molecule has 0 amide bonds. The first-order valence-corrected chi connectivity index (χ1v) is 8.50. The molecule has 22 heavy (non-hydrogen) atoms. The number of ether oxygens (including phenoxy) is 2. The van der Waals surface area contributed by atoms with Crippen LogP contribution in [0.3, 0.4) is 0 Å². The van der Waals surface area contributed by atoms with Crippen LogP contribution in [0.25, 0.3) is 0 Å². The standard InChI is InChI=1S/C16H26N4O2/c1-6-22-13-15(1)20-11-14(9-18-4-7-21-8-5-18)10-19-3-2-17-16(19)12-20/h2-3,14-15H,1,4-13H2. The van der Waals surface area contributed by atoms with E-state index in [1.54, 1.807) is 0 Å². The maximum Gasteiger partial charge on any atom is 0.122 e. The molecule has 0 saturated carbocycles. The van der Waals surface area contributed by atoms with Gasteiger partial charge in [0.2, 0.25) is 0 Å². The summed E-state index contributed by atoms with van der Waals surface area (Å²) in [6, 6.07) is 0.565. The highest BCUT2D eigenvalue weighted by molar-refractivity contribution is 4.97. The SMILES string of the molecule is c1cn2c(n1)CN(C1CCOC1)CC(CN1CCOCC1)C2. The zero-order valence-electron chi connectivity index (χ0n) is 13.2. The number of rotatable bonds is 3. The molecule has 0 aromatic carbocycles. The fourth-order valence-corrected chi connectivity index (χ4v) is 3.92. The van der Waals surface area contributed by atoms with Gasteiger partial charge in [-0.05, 0) is 6.42 Å². The van der Waals surface area contributed by atoms with Gasteiger partial charge in [-0.25, -0.2) is 4.98 Å². The highest BCUT2D eigenvalue weighted by Gasteiger charge is 2.30. The number of imidazole rings is 1. The maximum absolute atomic E-state index is 5.61. The molecule has 2 atom stereocenters. The molecule has 0 radical (unpaired) electrons. The number of fused-ring (bicyclic) bond motifs is 1. The van der Waals surface area contributed by atoms with Gasteiger partial charge >= 0.3 is 0 Å². The van der Waals surface area contributed by atoms with Crippen LogP contribution < -0.4 is 0 Å². The van der Waals surface area contributed by atoms with E-state index in [-0.39, 0.29) is 0 Å². The molecule has 6 heteroatoms. The van der Waals surface area contributed by atoms with Gasteiger partial charge in [0, 0.05) is 63.7 Å². The Kier molecular flexibility index (Phi) is 4.43. The minimum atomic E-state index is 0.565. The Morgan fingerprint density at radius 1 is 1.14 bits per heavy atom. The third kappa shape index (κ3) is 3.20. The molecule has 3 aliphatic rings. The first kappa shape index (κ1) is 14.6. The van der Waals surface area contributed by atoms with Crippen LogP contribution >= 0.6 is 0 Å². The lowest BCUT2D eigenvalue weighted by Crippen LogP contribution is -2.44. The first-order valence-electron chi connectivity index (χ1n) is 8.50. The molecule has 0 aliphatic carbocycles. The Hall–Kier alpha value is -0.950. The lowest BCUT2D eigenvalue weighted by molar-refractivity contribution is 0.0248. The van der Waals surface area contributed by atoms with Gasteiger partial charge in [-0.2, -0.15) is 0 Å². The molecule has 4 rings (SSSR count). The van der Waals surface area contributed by atoms with Gasteiger partial charge in [0.1, 0.15) is 5.82 Å². The van der Waals surface area contributed by atoms with Gasteiger partial charge in [0.05, 0.1) is 26.4 Å². The molecule has 122 valence electrons. The molecule has 0 N–H and O–H groups in total. The van der Waals surface area contributed by atoms with Crippen LogP contribution in [0.2, 0.25) is 0 Å². The summed E-state index contributed by atoms with van der Waals surface area (Å²) in [7, 11) is 0. The van der Waals surface area contributed by atoms with Crippen molar-refractivity contribution in [3.8, 4) is 0 Å². The molecule has 1 aromatic rings. The fraction of sp³-hybridized carbons (Fsp3) is 0.812. The molecule has 3 aliphatic heterocycles. The second-order valence-electron chi connectivity index (χ2n) is 6.72. The minimum absolute atomic E-state index is 0.565. The second-order valence-corrected chi connectivity index (χ2v) is 6.72. The summed E-state index contributed by atoms with van der Waals surface area (Å²) in [6.45, 7) is 10.0. The Balaban J connectivity index is 1.47. The first-order chi connectivity index (χ1) is 10.9. The molecule has 6 nitrogen and oxygen atoms in total. The lowest BCUT2D eigenvalue weighted by Gasteiger charge is -2.33. The van der Waals surface area contributed by atoms with Gasteiger partial charge in [-0.1, -0.05) is 0 Å². The molecule has 2 fully saturated rings. The Bertz CT molecular complexity index is 480. The molecule has 2 saturated heterocycles. The van der Waals surface area contributed by atoms with Crippen LogP contribution in [0.15, 0.2) is 12.4 Å². The van der Waals surface area contributed by atoms with Crippen molar-refractivity contribution >= 4 is 0 Å². The topological polar surface area (TPSA) is 42.8 Å². The summed E-state index contributed by atoms with van der Waals surface area (Å²) in [5, 5.41) is 0. The fourth-order valence-electron chi connectivity index (χ4n) is 3.92. The summed E-state index contributed by atoms with van der Waals surface area (Å²) in [5.74, 6) is 1.85. The van der Waals surface area contributed by atoms with Gasteiger partial charge in [-0.3, -0.25) is 9.80 Å². The molecule has 0 bridgehead atoms. The van der Waals surface area contributed by atoms with Crippen molar-refractivity contribution in [1.29, 1.82) is 0 Å². The average Bonchev–Trinajstić information content (AvgIpc) is 3.18. The van der Waals surface area contributed by atoms with Crippen molar-refractivity contribution in [3.63, 3.8) is 0 Å². The predicted molar refractivity (Wildman–Crippen MR) is 82.6 cm³/mol. The molecular weight excluding hydrogens is 280 g/mol. The van der Waals surface area contributed by atoms with Gasteiger partial charge < -0.3 is 14.0 Å². The Labute approximate surface area is 132 Å². The largest absolute Gasteiger partial charge is 0.380 e. The number of hydrogen-bond donors (Lipinski definition) is 0. The average molecular weight is 306 g/mol. The number of morpholine rings is 1. The smallest absolute Gasteiger partial charge is 0.122 e. The lowest BCUT2D eigenvalue weighted by atomic mass is 10.1. The highest BCUT2D eigenvalue weighted by atomic mass is 16.5. The van der Waals surface area contributed by atoms with Crippen molar-refractivity contribution < 1.29 is 9.47 Å². The van der Waals surface area contributed by atoms with Crippen LogP contribution in [0.4, 0.5) is 0 Å². The van der Waals surface area contributed by atoms with E-state index in [2.05, 4.69) is 25.5 Å². The van der Waals surface area contributed by atoms with Crippen LogP contribution in [0.5, 0.6) is 0 Å². The zero-order chi connectivity index (χ0) is 14.8. The van der Waals surface area contributed by atoms with Gasteiger partial charge in [-0.15, -0.1) is 0 Å². The Morgan fingerprint density at radius 2 is 2.05 bits per heavy atom. The normalized spacial score (nSPS) is 31.1. The van der Waals surface area contributed by atoms with Crippen molar-refractivity contribution in [2.45, 2.75) is 25.6 Å². The highest BCUT2D eigenvalue weighted by Crippen LogP contribution is 2.22. The van der Waals surface area contributed by atoms with Gasteiger partial charge in [0.15, 0.2) is 0 Å². The third-order valence-corrected chi connectivity index (χ3v) is 5.14. The van der Waals surface area contributed by atoms with Crippen LogP contribution in [0, 0.1) is 5.92 Å². The van der Waals surface area contributed by atoms with E-state index < -0.39 is 0 Å². The summed E-state index contributed by atoms with van der Waals surface area (Å²) in [4.78, 5) is 9.72. The minimum Gasteiger partial charge on any atom is -0.380 e. The zero-order valence-corrected chi connectivity index (χ0v) is 13.2. The molecule has 4 heterocycles. The van der Waals surface area contributed by atoms with E-state index in [1.807, 2.05) is 6.20 Å². The van der Waals surface area contributed by atoms with Crippen molar-refractivity contribution in [2.24, 2.45) is 5.92 Å². The Morgan fingerprint density at radius 3 is 2.86 bits per heavy atom. The molecule has 1 aromatic heterocycles. The van der Waals surface area contributed by atoms with Crippen molar-refractivity contribution in [2.75, 3.05) is 52.6 Å². The van der Waals surface area contributed by atoms with Crippen molar-refractivity contribution in [1.82, 2.24) is 19.4 Å². The van der Waals surface area contributed by atoms with E-state index in [4.69, 9.17) is 9.47 Å². The summed E-state index contributed by atoms with van der Waals surface area (Å²) >= 11 is 0. The number of nitrogens with zero attached hydrogens (tertiary/aromatic N) is 4. The monoisotopic (exact) mass is 306 g/mol. The quantitative estimate of drug-likeness (QED) is 0.810.